The first-order chi connectivity index (χ1) is 9.79. The molecule has 1 aromatic carbocycles. The highest BCUT2D eigenvalue weighted by atomic mass is 16.2. The molecule has 2 amide bonds. The van der Waals surface area contributed by atoms with Crippen LogP contribution < -0.4 is 0 Å². The quantitative estimate of drug-likeness (QED) is 0.634. The monoisotopic (exact) mass is 287 g/mol. The second kappa shape index (κ2) is 5.80. The summed E-state index contributed by atoms with van der Waals surface area (Å²) in [7, 11) is 0. The zero-order valence-electron chi connectivity index (χ0n) is 13.0. The smallest absolute Gasteiger partial charge is 0.229 e. The van der Waals surface area contributed by atoms with Gasteiger partial charge in [-0.15, -0.1) is 0 Å². The van der Waals surface area contributed by atoms with Crippen LogP contribution in [0.25, 0.3) is 0 Å². The fourth-order valence-electron chi connectivity index (χ4n) is 3.05. The van der Waals surface area contributed by atoms with Crippen molar-refractivity contribution >= 4 is 17.6 Å². The second-order valence-electron chi connectivity index (χ2n) is 6.08. The number of imide groups is 1. The third-order valence-electron chi connectivity index (χ3n) is 3.91. The number of nitrogens with zero attached hydrogens (tertiary/aromatic N) is 1. The minimum atomic E-state index is -0.241. The normalized spacial score (nSPS) is 16.5. The molecule has 4 nitrogen and oxygen atoms in total. The summed E-state index contributed by atoms with van der Waals surface area (Å²) in [6.45, 7) is 7.48. The van der Waals surface area contributed by atoms with Gasteiger partial charge in [0.15, 0.2) is 5.78 Å². The summed E-state index contributed by atoms with van der Waals surface area (Å²) in [5.41, 5.74) is 3.51. The molecule has 1 aliphatic rings. The van der Waals surface area contributed by atoms with E-state index in [4.69, 9.17) is 0 Å². The highest BCUT2D eigenvalue weighted by Gasteiger charge is 2.32. The number of piperidine rings is 1. The molecule has 0 radical (unpaired) electrons. The maximum atomic E-state index is 12.5. The van der Waals surface area contributed by atoms with E-state index in [9.17, 15) is 14.4 Å². The van der Waals surface area contributed by atoms with Crippen LogP contribution >= 0.6 is 0 Å². The van der Waals surface area contributed by atoms with Gasteiger partial charge in [-0.1, -0.05) is 24.6 Å². The number of carbonyl (C=O) groups is 3. The number of ketones is 1. The van der Waals surface area contributed by atoms with Crippen molar-refractivity contribution in [3.63, 3.8) is 0 Å². The maximum Gasteiger partial charge on any atom is 0.229 e. The minimum Gasteiger partial charge on any atom is -0.292 e. The molecule has 4 heteroatoms. The van der Waals surface area contributed by atoms with Crippen molar-refractivity contribution in [2.45, 2.75) is 40.5 Å². The fraction of sp³-hybridized carbons (Fsp3) is 0.471. The number of aryl methyl sites for hydroxylation is 3. The zero-order valence-corrected chi connectivity index (χ0v) is 13.0. The average molecular weight is 287 g/mol. The highest BCUT2D eigenvalue weighted by Crippen LogP contribution is 2.21. The Morgan fingerprint density at radius 2 is 1.57 bits per heavy atom. The largest absolute Gasteiger partial charge is 0.292 e. The lowest BCUT2D eigenvalue weighted by molar-refractivity contribution is -0.149. The van der Waals surface area contributed by atoms with Gasteiger partial charge in [0, 0.05) is 18.4 Å². The van der Waals surface area contributed by atoms with Gasteiger partial charge < -0.3 is 0 Å². The Hall–Kier alpha value is -1.97. The van der Waals surface area contributed by atoms with Crippen molar-refractivity contribution in [1.82, 2.24) is 4.90 Å². The Balaban J connectivity index is 2.22. The van der Waals surface area contributed by atoms with Crippen LogP contribution in [-0.2, 0) is 9.59 Å². The van der Waals surface area contributed by atoms with Crippen molar-refractivity contribution in [3.05, 3.63) is 34.4 Å². The van der Waals surface area contributed by atoms with Crippen LogP contribution in [0.5, 0.6) is 0 Å². The lowest BCUT2D eigenvalue weighted by Crippen LogP contribution is -2.45. The van der Waals surface area contributed by atoms with E-state index in [1.807, 2.05) is 39.8 Å². The molecule has 1 saturated heterocycles. The van der Waals surface area contributed by atoms with E-state index in [0.29, 0.717) is 18.4 Å². The van der Waals surface area contributed by atoms with Crippen molar-refractivity contribution in [2.24, 2.45) is 5.92 Å². The van der Waals surface area contributed by atoms with Crippen LogP contribution in [0, 0.1) is 26.7 Å². The van der Waals surface area contributed by atoms with Crippen molar-refractivity contribution in [2.75, 3.05) is 6.54 Å². The van der Waals surface area contributed by atoms with Crippen LogP contribution in [0.4, 0.5) is 0 Å². The average Bonchev–Trinajstić information content (AvgIpc) is 2.32. The molecule has 112 valence electrons. The minimum absolute atomic E-state index is 0.0687. The first-order valence-electron chi connectivity index (χ1n) is 7.24. The van der Waals surface area contributed by atoms with Gasteiger partial charge in [0.2, 0.25) is 11.8 Å². The molecule has 0 N–H and O–H groups in total. The molecule has 1 fully saturated rings. The molecule has 1 heterocycles. The molecule has 1 aliphatic heterocycles. The molecule has 21 heavy (non-hydrogen) atoms. The molecule has 0 atom stereocenters. The Morgan fingerprint density at radius 1 is 1.10 bits per heavy atom. The number of likely N-dealkylation sites (tertiary alicyclic amines) is 1. The highest BCUT2D eigenvalue weighted by molar-refractivity contribution is 6.06. The van der Waals surface area contributed by atoms with E-state index in [1.165, 1.54) is 0 Å². The molecule has 0 spiro atoms. The predicted octanol–water partition coefficient (Wildman–Crippen LogP) is 2.58. The number of Topliss-reactive ketones (excluding diaryl/α,β-unsaturated/α-hetero) is 1. The van der Waals surface area contributed by atoms with Gasteiger partial charge in [-0.2, -0.15) is 0 Å². The van der Waals surface area contributed by atoms with Gasteiger partial charge in [0.1, 0.15) is 0 Å². The van der Waals surface area contributed by atoms with Crippen LogP contribution in [0.1, 0.15) is 46.8 Å². The van der Waals surface area contributed by atoms with Gasteiger partial charge in [-0.25, -0.2) is 0 Å². The Morgan fingerprint density at radius 3 is 2.05 bits per heavy atom. The third kappa shape index (κ3) is 3.20. The van der Waals surface area contributed by atoms with Gasteiger partial charge in [-0.05, 0) is 37.8 Å². The van der Waals surface area contributed by atoms with Gasteiger partial charge in [-0.3, -0.25) is 19.3 Å². The molecular formula is C17H21NO3. The first kappa shape index (κ1) is 15.4. The molecule has 0 aliphatic carbocycles. The summed E-state index contributed by atoms with van der Waals surface area (Å²) in [5.74, 6) is -0.579. The second-order valence-corrected chi connectivity index (χ2v) is 6.08. The van der Waals surface area contributed by atoms with E-state index < -0.39 is 0 Å². The van der Waals surface area contributed by atoms with Crippen LogP contribution in [0.15, 0.2) is 12.1 Å². The number of hydrogen-bond acceptors (Lipinski definition) is 3. The fourth-order valence-corrected chi connectivity index (χ4v) is 3.05. The van der Waals surface area contributed by atoms with E-state index in [-0.39, 0.29) is 30.1 Å². The molecule has 0 aromatic heterocycles. The van der Waals surface area contributed by atoms with Crippen molar-refractivity contribution < 1.29 is 14.4 Å². The van der Waals surface area contributed by atoms with E-state index in [2.05, 4.69) is 0 Å². The first-order valence-corrected chi connectivity index (χ1v) is 7.24. The van der Waals surface area contributed by atoms with Crippen LogP contribution in [0.3, 0.4) is 0 Å². The van der Waals surface area contributed by atoms with Crippen LogP contribution in [0.2, 0.25) is 0 Å². The van der Waals surface area contributed by atoms with Crippen LogP contribution in [-0.4, -0.2) is 29.0 Å². The molecule has 0 bridgehead atoms. The topological polar surface area (TPSA) is 54.5 Å². The molecule has 2 rings (SSSR count). The van der Waals surface area contributed by atoms with Crippen molar-refractivity contribution in [3.8, 4) is 0 Å². The summed E-state index contributed by atoms with van der Waals surface area (Å²) >= 11 is 0. The number of carbonyl (C=O) groups excluding carboxylic acids is 3. The number of hydrogen-bond donors (Lipinski definition) is 0. The summed E-state index contributed by atoms with van der Waals surface area (Å²) in [5, 5.41) is 0. The SMILES string of the molecule is Cc1cc(C)c(C(=O)CN2C(=O)CC(C)CC2=O)c(C)c1. The maximum absolute atomic E-state index is 12.5. The summed E-state index contributed by atoms with van der Waals surface area (Å²) in [4.78, 5) is 37.5. The summed E-state index contributed by atoms with van der Waals surface area (Å²) < 4.78 is 0. The van der Waals surface area contributed by atoms with Gasteiger partial charge in [0.05, 0.1) is 6.54 Å². The molecular weight excluding hydrogens is 266 g/mol. The number of amides is 2. The van der Waals surface area contributed by atoms with Gasteiger partial charge in [0.25, 0.3) is 0 Å². The molecule has 0 unspecified atom stereocenters. The van der Waals surface area contributed by atoms with Gasteiger partial charge >= 0.3 is 0 Å². The molecule has 1 aromatic rings. The van der Waals surface area contributed by atoms with E-state index in [1.54, 1.807) is 0 Å². The van der Waals surface area contributed by atoms with E-state index >= 15 is 0 Å². The van der Waals surface area contributed by atoms with Crippen molar-refractivity contribution in [1.29, 1.82) is 0 Å². The number of benzene rings is 1. The lowest BCUT2D eigenvalue weighted by atomic mass is 9.94. The Labute approximate surface area is 125 Å². The third-order valence-corrected chi connectivity index (χ3v) is 3.91. The Bertz CT molecular complexity index is 577. The Kier molecular flexibility index (Phi) is 4.26. The lowest BCUT2D eigenvalue weighted by Gasteiger charge is -2.28. The molecule has 0 saturated carbocycles. The number of rotatable bonds is 3. The summed E-state index contributed by atoms with van der Waals surface area (Å²) in [6.07, 6.45) is 0.676. The standard InChI is InChI=1S/C17H21NO3/c1-10-5-12(3)17(13(4)6-10)14(19)9-18-15(20)7-11(2)8-16(18)21/h5-6,11H,7-9H2,1-4H3. The van der Waals surface area contributed by atoms with E-state index in [0.717, 1.165) is 21.6 Å². The zero-order chi connectivity index (χ0) is 15.7. The summed E-state index contributed by atoms with van der Waals surface area (Å²) in [6, 6.07) is 3.89. The predicted molar refractivity (Wildman–Crippen MR) is 80.1 cm³/mol.